The van der Waals surface area contributed by atoms with E-state index < -0.39 is 0 Å². The minimum absolute atomic E-state index is 0.672. The molecule has 4 heterocycles. The van der Waals surface area contributed by atoms with Crippen molar-refractivity contribution in [3.8, 4) is 44.9 Å². The summed E-state index contributed by atoms with van der Waals surface area (Å²) in [6, 6.07) is 81.2. The Balaban J connectivity index is 0.846. The molecule has 69 heavy (non-hydrogen) atoms. The molecule has 0 radical (unpaired) electrons. The van der Waals surface area contributed by atoms with E-state index in [1.165, 1.54) is 70.5 Å². The third kappa shape index (κ3) is 5.65. The van der Waals surface area contributed by atoms with Crippen LogP contribution in [-0.2, 0) is 0 Å². The van der Waals surface area contributed by atoms with Gasteiger partial charge in [0.05, 0.1) is 22.1 Å². The van der Waals surface area contributed by atoms with E-state index in [-0.39, 0.29) is 0 Å². The predicted octanol–water partition coefficient (Wildman–Crippen LogP) is 17.0. The molecule has 0 amide bonds. The zero-order valence-electron chi connectivity index (χ0n) is 37.1. The number of nitrogens with zero attached hydrogens (tertiary/aromatic N) is 4. The Morgan fingerprint density at radius 2 is 0.783 bits per heavy atom. The van der Waals surface area contributed by atoms with E-state index in [0.717, 1.165) is 66.8 Å². The van der Waals surface area contributed by atoms with Crippen LogP contribution in [0.4, 0.5) is 0 Å². The zero-order valence-corrected chi connectivity index (χ0v) is 37.1. The van der Waals surface area contributed by atoms with Crippen LogP contribution in [0, 0.1) is 0 Å². The highest BCUT2D eigenvalue weighted by Gasteiger charge is 2.20. The van der Waals surface area contributed by atoms with Gasteiger partial charge in [-0.15, -0.1) is 0 Å². The number of para-hydroxylation sites is 3. The van der Waals surface area contributed by atoms with Gasteiger partial charge in [-0.25, -0.2) is 9.97 Å². The van der Waals surface area contributed by atoms with Crippen molar-refractivity contribution in [3.05, 3.63) is 231 Å². The SMILES string of the molecule is c1ccc(-n2c3ccccc3c3cc(-c4ccc5c6ccccc6n(-c6cccc(-c7ncnc8c7oc7ccc(-c9ccc%10c%11ccccc%11c%11ccccc%11c%10c9)cc78)c6)c5c4)ccc32)cc1. The molecule has 0 spiro atoms. The fourth-order valence-electron chi connectivity index (χ4n) is 11.3. The summed E-state index contributed by atoms with van der Waals surface area (Å²) in [5.74, 6) is 0. The van der Waals surface area contributed by atoms with Crippen LogP contribution in [0.1, 0.15) is 0 Å². The van der Waals surface area contributed by atoms with Gasteiger partial charge in [0, 0.05) is 43.9 Å². The fraction of sp³-hybridized carbons (Fsp3) is 0. The maximum Gasteiger partial charge on any atom is 0.180 e. The van der Waals surface area contributed by atoms with Crippen molar-refractivity contribution in [3.63, 3.8) is 0 Å². The topological polar surface area (TPSA) is 48.8 Å². The number of furan rings is 1. The van der Waals surface area contributed by atoms with Crippen molar-refractivity contribution in [2.24, 2.45) is 0 Å². The van der Waals surface area contributed by atoms with Crippen molar-refractivity contribution < 1.29 is 4.42 Å². The minimum Gasteiger partial charge on any atom is -0.452 e. The quantitative estimate of drug-likeness (QED) is 0.162. The van der Waals surface area contributed by atoms with Gasteiger partial charge in [-0.3, -0.25) is 0 Å². The maximum absolute atomic E-state index is 6.69. The van der Waals surface area contributed by atoms with Gasteiger partial charge in [0.1, 0.15) is 23.1 Å². The third-order valence-electron chi connectivity index (χ3n) is 14.4. The Hall–Kier alpha value is -9.32. The number of aromatic nitrogens is 4. The highest BCUT2D eigenvalue weighted by Crippen LogP contribution is 2.42. The van der Waals surface area contributed by atoms with Gasteiger partial charge >= 0.3 is 0 Å². The zero-order chi connectivity index (χ0) is 45.2. The second kappa shape index (κ2) is 14.6. The summed E-state index contributed by atoms with van der Waals surface area (Å²) >= 11 is 0. The molecule has 5 heteroatoms. The Kier molecular flexibility index (Phi) is 8.00. The van der Waals surface area contributed by atoms with Crippen LogP contribution < -0.4 is 0 Å². The van der Waals surface area contributed by atoms with Crippen LogP contribution in [0.15, 0.2) is 235 Å². The molecule has 11 aromatic carbocycles. The van der Waals surface area contributed by atoms with Crippen LogP contribution in [0.3, 0.4) is 0 Å². The lowest BCUT2D eigenvalue weighted by Gasteiger charge is -2.12. The Bertz CT molecular complexity index is 4580. The molecule has 4 aromatic heterocycles. The maximum atomic E-state index is 6.69. The van der Waals surface area contributed by atoms with Crippen molar-refractivity contribution >= 4 is 98.0 Å². The molecule has 0 saturated heterocycles. The molecule has 0 saturated carbocycles. The highest BCUT2D eigenvalue weighted by molar-refractivity contribution is 6.26. The Morgan fingerprint density at radius 3 is 1.51 bits per heavy atom. The van der Waals surface area contributed by atoms with Crippen molar-refractivity contribution in [2.45, 2.75) is 0 Å². The van der Waals surface area contributed by atoms with E-state index >= 15 is 0 Å². The van der Waals surface area contributed by atoms with Crippen LogP contribution in [0.2, 0.25) is 0 Å². The molecule has 15 aromatic rings. The molecule has 0 bridgehead atoms. The molecular formula is C64H38N4O. The molecule has 0 fully saturated rings. The second-order valence-corrected chi connectivity index (χ2v) is 18.1. The molecule has 0 aliphatic rings. The monoisotopic (exact) mass is 878 g/mol. The normalized spacial score (nSPS) is 12.1. The summed E-state index contributed by atoms with van der Waals surface area (Å²) in [4.78, 5) is 9.74. The minimum atomic E-state index is 0.672. The summed E-state index contributed by atoms with van der Waals surface area (Å²) in [6.07, 6.45) is 1.67. The number of hydrogen-bond donors (Lipinski definition) is 0. The summed E-state index contributed by atoms with van der Waals surface area (Å²) < 4.78 is 11.4. The van der Waals surface area contributed by atoms with Crippen LogP contribution in [0.5, 0.6) is 0 Å². The highest BCUT2D eigenvalue weighted by atomic mass is 16.3. The molecule has 15 rings (SSSR count). The average molecular weight is 879 g/mol. The summed E-state index contributed by atoms with van der Waals surface area (Å²) in [5.41, 5.74) is 15.4. The molecule has 0 unspecified atom stereocenters. The fourth-order valence-corrected chi connectivity index (χ4v) is 11.3. The first-order valence-corrected chi connectivity index (χ1v) is 23.5. The number of hydrogen-bond acceptors (Lipinski definition) is 3. The first-order valence-electron chi connectivity index (χ1n) is 23.5. The van der Waals surface area contributed by atoms with E-state index in [1.54, 1.807) is 6.33 Å². The lowest BCUT2D eigenvalue weighted by atomic mass is 9.92. The summed E-state index contributed by atoms with van der Waals surface area (Å²) in [6.45, 7) is 0. The molecule has 5 nitrogen and oxygen atoms in total. The first kappa shape index (κ1) is 37.9. The lowest BCUT2D eigenvalue weighted by molar-refractivity contribution is 0.667. The van der Waals surface area contributed by atoms with E-state index in [9.17, 15) is 0 Å². The molecule has 0 aliphatic heterocycles. The smallest absolute Gasteiger partial charge is 0.180 e. The summed E-state index contributed by atoms with van der Waals surface area (Å²) in [5, 5.41) is 13.4. The van der Waals surface area contributed by atoms with Gasteiger partial charge in [-0.05, 0) is 127 Å². The van der Waals surface area contributed by atoms with Gasteiger partial charge in [0.25, 0.3) is 0 Å². The van der Waals surface area contributed by atoms with Gasteiger partial charge in [-0.2, -0.15) is 0 Å². The van der Waals surface area contributed by atoms with Crippen molar-refractivity contribution in [1.82, 2.24) is 19.1 Å². The predicted molar refractivity (Wildman–Crippen MR) is 287 cm³/mol. The molecular weight excluding hydrogens is 841 g/mol. The molecule has 0 aliphatic carbocycles. The van der Waals surface area contributed by atoms with Gasteiger partial charge < -0.3 is 13.6 Å². The first-order chi connectivity index (χ1) is 34.2. The van der Waals surface area contributed by atoms with Gasteiger partial charge in [0.2, 0.25) is 0 Å². The summed E-state index contributed by atoms with van der Waals surface area (Å²) in [7, 11) is 0. The number of benzene rings is 11. The van der Waals surface area contributed by atoms with E-state index in [1.807, 2.05) is 0 Å². The second-order valence-electron chi connectivity index (χ2n) is 18.1. The average Bonchev–Trinajstić information content (AvgIpc) is 4.08. The van der Waals surface area contributed by atoms with Crippen molar-refractivity contribution in [2.75, 3.05) is 0 Å². The standard InChI is InChI=1S/C64H38N4O/c1-2-14-44(15-3-1)67-58-24-11-9-22-52(58)55-35-40(27-31-59(55)67)42-26-30-53-51-21-8-10-23-57(51)68(60(53)37-42)45-16-12-13-43(33-45)62-64-63(66-38-65-62)56-36-41(28-32-61(56)69-64)39-25-29-50-48-19-5-4-17-46(48)47-18-6-7-20-49(47)54(50)34-39/h1-38H. The van der Waals surface area contributed by atoms with Gasteiger partial charge in [0.15, 0.2) is 5.58 Å². The lowest BCUT2D eigenvalue weighted by Crippen LogP contribution is -1.95. The molecule has 320 valence electrons. The third-order valence-corrected chi connectivity index (χ3v) is 14.4. The van der Waals surface area contributed by atoms with Crippen molar-refractivity contribution in [1.29, 1.82) is 0 Å². The van der Waals surface area contributed by atoms with E-state index in [0.29, 0.717) is 5.58 Å². The molecule has 0 N–H and O–H groups in total. The van der Waals surface area contributed by atoms with E-state index in [2.05, 4.69) is 234 Å². The Morgan fingerprint density at radius 1 is 0.290 bits per heavy atom. The number of rotatable bonds is 5. The van der Waals surface area contributed by atoms with Crippen LogP contribution in [-0.4, -0.2) is 19.1 Å². The van der Waals surface area contributed by atoms with Crippen LogP contribution in [0.25, 0.3) is 143 Å². The van der Waals surface area contributed by atoms with Crippen LogP contribution >= 0.6 is 0 Å². The largest absolute Gasteiger partial charge is 0.452 e. The molecule has 0 atom stereocenters. The number of fused-ring (bicyclic) bond motifs is 15. The Labute approximate surface area is 395 Å². The van der Waals surface area contributed by atoms with Gasteiger partial charge in [-0.1, -0.05) is 152 Å². The van der Waals surface area contributed by atoms with E-state index in [4.69, 9.17) is 14.4 Å².